The van der Waals surface area contributed by atoms with Crippen LogP contribution < -0.4 is 5.32 Å². The van der Waals surface area contributed by atoms with E-state index in [0.29, 0.717) is 5.92 Å². The van der Waals surface area contributed by atoms with Crippen molar-refractivity contribution in [2.24, 2.45) is 0 Å². The summed E-state index contributed by atoms with van der Waals surface area (Å²) in [6.07, 6.45) is -5.08. The van der Waals surface area contributed by atoms with E-state index in [-0.39, 0.29) is 0 Å². The molecular formula is C11H14F3NO2S. The number of thiophene rings is 1. The number of rotatable bonds is 1. The molecular weight excluding hydrogens is 267 g/mol. The van der Waals surface area contributed by atoms with Crippen LogP contribution in [0.15, 0.2) is 5.38 Å². The lowest BCUT2D eigenvalue weighted by molar-refractivity contribution is -0.192. The standard InChI is InChI=1S/C9H13NS.C2HF3O2/c1-6(2)9-8-4-10-3-7(8)5-11-9;3-2(4,5)1(6)7/h5-6,10H,3-4H2,1-2H3;(H,6,7). The van der Waals surface area contributed by atoms with Crippen LogP contribution in [0.5, 0.6) is 0 Å². The first-order chi connectivity index (χ1) is 8.23. The van der Waals surface area contributed by atoms with Crippen molar-refractivity contribution in [1.29, 1.82) is 0 Å². The summed E-state index contributed by atoms with van der Waals surface area (Å²) in [4.78, 5) is 10.5. The Labute approximate surface area is 107 Å². The molecule has 0 fully saturated rings. The van der Waals surface area contributed by atoms with Crippen LogP contribution in [0.3, 0.4) is 0 Å². The number of hydrogen-bond acceptors (Lipinski definition) is 3. The zero-order chi connectivity index (χ0) is 13.9. The summed E-state index contributed by atoms with van der Waals surface area (Å²) in [6.45, 7) is 6.71. The molecule has 0 bridgehead atoms. The molecule has 0 saturated heterocycles. The lowest BCUT2D eigenvalue weighted by Gasteiger charge is -2.02. The van der Waals surface area contributed by atoms with Crippen molar-refractivity contribution in [2.45, 2.75) is 39.0 Å². The van der Waals surface area contributed by atoms with E-state index in [9.17, 15) is 13.2 Å². The molecule has 0 spiro atoms. The molecule has 0 unspecified atom stereocenters. The van der Waals surface area contributed by atoms with E-state index >= 15 is 0 Å². The van der Waals surface area contributed by atoms with E-state index in [0.717, 1.165) is 13.1 Å². The Morgan fingerprint density at radius 1 is 1.44 bits per heavy atom. The number of carboxylic acids is 1. The van der Waals surface area contributed by atoms with Crippen LogP contribution in [0.1, 0.15) is 35.8 Å². The van der Waals surface area contributed by atoms with Gasteiger partial charge in [0.1, 0.15) is 0 Å². The molecule has 0 aromatic carbocycles. The number of nitrogens with one attached hydrogen (secondary N) is 1. The van der Waals surface area contributed by atoms with Crippen molar-refractivity contribution in [3.05, 3.63) is 21.4 Å². The Bertz CT molecular complexity index is 426. The highest BCUT2D eigenvalue weighted by atomic mass is 32.1. The number of alkyl halides is 3. The molecule has 2 N–H and O–H groups in total. The van der Waals surface area contributed by atoms with Crippen molar-refractivity contribution in [3.63, 3.8) is 0 Å². The van der Waals surface area contributed by atoms with Gasteiger partial charge in [-0.2, -0.15) is 13.2 Å². The smallest absolute Gasteiger partial charge is 0.475 e. The molecule has 0 saturated carbocycles. The Hall–Kier alpha value is -1.08. The summed E-state index contributed by atoms with van der Waals surface area (Å²) in [7, 11) is 0. The zero-order valence-electron chi connectivity index (χ0n) is 9.97. The maximum Gasteiger partial charge on any atom is 0.490 e. The Morgan fingerprint density at radius 3 is 2.44 bits per heavy atom. The van der Waals surface area contributed by atoms with Crippen molar-refractivity contribution >= 4 is 17.3 Å². The average molecular weight is 281 g/mol. The molecule has 0 aliphatic carbocycles. The van der Waals surface area contributed by atoms with E-state index in [1.807, 2.05) is 11.3 Å². The van der Waals surface area contributed by atoms with Gasteiger partial charge in [-0.25, -0.2) is 4.79 Å². The summed E-state index contributed by atoms with van der Waals surface area (Å²) >= 11 is 1.92. The Kier molecular flexibility index (Phi) is 4.75. The normalized spacial score (nSPS) is 14.1. The number of aliphatic carboxylic acids is 1. The largest absolute Gasteiger partial charge is 0.490 e. The highest BCUT2D eigenvalue weighted by Gasteiger charge is 2.38. The van der Waals surface area contributed by atoms with Crippen LogP contribution in [-0.2, 0) is 17.9 Å². The Balaban J connectivity index is 0.000000203. The molecule has 1 aliphatic rings. The molecule has 3 nitrogen and oxygen atoms in total. The van der Waals surface area contributed by atoms with Crippen LogP contribution in [0.2, 0.25) is 0 Å². The van der Waals surface area contributed by atoms with Gasteiger partial charge in [-0.05, 0) is 22.4 Å². The topological polar surface area (TPSA) is 49.3 Å². The second-order valence-corrected chi connectivity index (χ2v) is 5.08. The van der Waals surface area contributed by atoms with Gasteiger partial charge in [0.15, 0.2) is 0 Å². The second-order valence-electron chi connectivity index (χ2n) is 4.16. The quantitative estimate of drug-likeness (QED) is 0.831. The summed E-state index contributed by atoms with van der Waals surface area (Å²) in [6, 6.07) is 0. The van der Waals surface area contributed by atoms with E-state index in [4.69, 9.17) is 9.90 Å². The number of carbonyl (C=O) groups is 1. The average Bonchev–Trinajstić information content (AvgIpc) is 2.75. The van der Waals surface area contributed by atoms with Crippen molar-refractivity contribution in [2.75, 3.05) is 0 Å². The lowest BCUT2D eigenvalue weighted by Crippen LogP contribution is -2.21. The predicted molar refractivity (Wildman–Crippen MR) is 62.6 cm³/mol. The minimum Gasteiger partial charge on any atom is -0.475 e. The minimum absolute atomic E-state index is 0.698. The van der Waals surface area contributed by atoms with Crippen LogP contribution in [0.25, 0.3) is 0 Å². The molecule has 1 aromatic heterocycles. The monoisotopic (exact) mass is 281 g/mol. The van der Waals surface area contributed by atoms with Crippen molar-refractivity contribution in [1.82, 2.24) is 5.32 Å². The van der Waals surface area contributed by atoms with Gasteiger partial charge in [-0.1, -0.05) is 13.8 Å². The maximum absolute atomic E-state index is 10.6. The van der Waals surface area contributed by atoms with Gasteiger partial charge < -0.3 is 10.4 Å². The lowest BCUT2D eigenvalue weighted by atomic mass is 10.1. The van der Waals surface area contributed by atoms with Gasteiger partial charge in [0, 0.05) is 18.0 Å². The SMILES string of the molecule is CC(C)c1scc2c1CNC2.O=C(O)C(F)(F)F. The summed E-state index contributed by atoms with van der Waals surface area (Å²) in [5.41, 5.74) is 3.10. The number of hydrogen-bond donors (Lipinski definition) is 2. The van der Waals surface area contributed by atoms with Gasteiger partial charge in [-0.3, -0.25) is 0 Å². The molecule has 0 radical (unpaired) electrons. The van der Waals surface area contributed by atoms with Crippen LogP contribution in [-0.4, -0.2) is 17.3 Å². The molecule has 2 rings (SSSR count). The second kappa shape index (κ2) is 5.71. The molecule has 7 heteroatoms. The first kappa shape index (κ1) is 15.0. The maximum atomic E-state index is 10.6. The van der Waals surface area contributed by atoms with E-state index in [1.54, 1.807) is 10.4 Å². The zero-order valence-corrected chi connectivity index (χ0v) is 10.8. The third-order valence-electron chi connectivity index (χ3n) is 2.40. The highest BCUT2D eigenvalue weighted by molar-refractivity contribution is 7.10. The summed E-state index contributed by atoms with van der Waals surface area (Å²) < 4.78 is 31.7. The van der Waals surface area contributed by atoms with Gasteiger partial charge >= 0.3 is 12.1 Å². The molecule has 102 valence electrons. The van der Waals surface area contributed by atoms with Crippen LogP contribution in [0, 0.1) is 0 Å². The first-order valence-corrected chi connectivity index (χ1v) is 6.21. The highest BCUT2D eigenvalue weighted by Crippen LogP contribution is 2.31. The fourth-order valence-electron chi connectivity index (χ4n) is 1.59. The third kappa shape index (κ3) is 3.71. The van der Waals surface area contributed by atoms with Crippen molar-refractivity contribution in [3.8, 4) is 0 Å². The van der Waals surface area contributed by atoms with Crippen LogP contribution in [0.4, 0.5) is 13.2 Å². The predicted octanol–water partition coefficient (Wildman–Crippen LogP) is 3.11. The molecule has 1 aromatic rings. The Morgan fingerprint density at radius 2 is 2.00 bits per heavy atom. The molecule has 0 atom stereocenters. The van der Waals surface area contributed by atoms with Crippen molar-refractivity contribution < 1.29 is 23.1 Å². The fraction of sp³-hybridized carbons (Fsp3) is 0.545. The van der Waals surface area contributed by atoms with Gasteiger partial charge in [0.2, 0.25) is 0 Å². The molecule has 1 aliphatic heterocycles. The summed E-state index contributed by atoms with van der Waals surface area (Å²) in [5, 5.41) is 12.8. The number of carboxylic acid groups (broad SMARTS) is 1. The van der Waals surface area contributed by atoms with Gasteiger partial charge in [0.25, 0.3) is 0 Å². The molecule has 2 heterocycles. The number of halogens is 3. The van der Waals surface area contributed by atoms with E-state index in [1.165, 1.54) is 5.56 Å². The number of fused-ring (bicyclic) bond motifs is 1. The van der Waals surface area contributed by atoms with Gasteiger partial charge in [0.05, 0.1) is 0 Å². The minimum atomic E-state index is -5.08. The molecule has 0 amide bonds. The third-order valence-corrected chi connectivity index (χ3v) is 3.77. The molecule has 18 heavy (non-hydrogen) atoms. The van der Waals surface area contributed by atoms with Gasteiger partial charge in [-0.15, -0.1) is 11.3 Å². The summed E-state index contributed by atoms with van der Waals surface area (Å²) in [5.74, 6) is -2.06. The fourth-order valence-corrected chi connectivity index (χ4v) is 2.70. The van der Waals surface area contributed by atoms with Crippen LogP contribution >= 0.6 is 11.3 Å². The first-order valence-electron chi connectivity index (χ1n) is 5.33. The van der Waals surface area contributed by atoms with E-state index < -0.39 is 12.1 Å². The van der Waals surface area contributed by atoms with E-state index in [2.05, 4.69) is 24.5 Å².